The summed E-state index contributed by atoms with van der Waals surface area (Å²) in [4.78, 5) is 4.19. The fourth-order valence-electron chi connectivity index (χ4n) is 1.30. The van der Waals surface area contributed by atoms with E-state index in [1.54, 1.807) is 18.3 Å². The summed E-state index contributed by atoms with van der Waals surface area (Å²) >= 11 is 3.14. The van der Waals surface area contributed by atoms with Crippen molar-refractivity contribution in [3.8, 4) is 0 Å². The van der Waals surface area contributed by atoms with Crippen molar-refractivity contribution in [1.29, 1.82) is 0 Å². The molecule has 0 radical (unpaired) electrons. The van der Waals surface area contributed by atoms with Crippen molar-refractivity contribution >= 4 is 21.6 Å². The van der Waals surface area contributed by atoms with Gasteiger partial charge in [-0.3, -0.25) is 4.98 Å². The van der Waals surface area contributed by atoms with E-state index < -0.39 is 0 Å². The number of anilines is 1. The number of aromatic nitrogens is 1. The van der Waals surface area contributed by atoms with Gasteiger partial charge in [0.25, 0.3) is 0 Å². The highest BCUT2D eigenvalue weighted by molar-refractivity contribution is 9.10. The minimum absolute atomic E-state index is 0.261. The number of benzene rings is 1. The fourth-order valence-corrected chi connectivity index (χ4v) is 1.68. The summed E-state index contributed by atoms with van der Waals surface area (Å²) in [5, 5.41) is 3.17. The summed E-state index contributed by atoms with van der Waals surface area (Å²) in [7, 11) is 0. The summed E-state index contributed by atoms with van der Waals surface area (Å²) in [6.45, 7) is 0.624. The molecule has 2 nitrogen and oxygen atoms in total. The van der Waals surface area contributed by atoms with Crippen LogP contribution >= 0.6 is 15.9 Å². The average molecular weight is 281 g/mol. The van der Waals surface area contributed by atoms with E-state index in [9.17, 15) is 4.39 Å². The van der Waals surface area contributed by atoms with Crippen LogP contribution in [0.3, 0.4) is 0 Å². The van der Waals surface area contributed by atoms with Gasteiger partial charge in [-0.05, 0) is 46.3 Å². The lowest BCUT2D eigenvalue weighted by atomic mass is 10.3. The maximum Gasteiger partial charge on any atom is 0.137 e. The first-order valence-corrected chi connectivity index (χ1v) is 5.64. The van der Waals surface area contributed by atoms with Crippen molar-refractivity contribution in [3.05, 3.63) is 58.6 Å². The summed E-state index contributed by atoms with van der Waals surface area (Å²) in [5.74, 6) is -0.261. The van der Waals surface area contributed by atoms with Gasteiger partial charge in [0.15, 0.2) is 0 Å². The third-order valence-electron chi connectivity index (χ3n) is 2.12. The number of pyridine rings is 1. The number of nitrogens with one attached hydrogen (secondary N) is 1. The Balaban J connectivity index is 2.03. The molecule has 0 atom stereocenters. The number of nitrogens with zero attached hydrogens (tertiary/aromatic N) is 1. The summed E-state index contributed by atoms with van der Waals surface area (Å²) in [5.41, 5.74) is 1.81. The molecular formula is C12H10BrFN2. The van der Waals surface area contributed by atoms with Gasteiger partial charge in [0.05, 0.1) is 16.7 Å². The molecule has 0 saturated heterocycles. The highest BCUT2D eigenvalue weighted by Crippen LogP contribution is 2.20. The lowest BCUT2D eigenvalue weighted by Crippen LogP contribution is -2.01. The highest BCUT2D eigenvalue weighted by atomic mass is 79.9. The van der Waals surface area contributed by atoms with Gasteiger partial charge in [-0.1, -0.05) is 6.07 Å². The Labute approximate surface area is 102 Å². The van der Waals surface area contributed by atoms with Crippen LogP contribution in [0.25, 0.3) is 0 Å². The van der Waals surface area contributed by atoms with Crippen LogP contribution in [0, 0.1) is 5.82 Å². The lowest BCUT2D eigenvalue weighted by Gasteiger charge is -2.06. The molecule has 0 aliphatic heterocycles. The maximum absolute atomic E-state index is 13.0. The fraction of sp³-hybridized carbons (Fsp3) is 0.0833. The molecule has 2 aromatic rings. The molecule has 82 valence electrons. The van der Waals surface area contributed by atoms with Crippen LogP contribution in [0.1, 0.15) is 5.69 Å². The first kappa shape index (κ1) is 11.1. The normalized spacial score (nSPS) is 10.1. The highest BCUT2D eigenvalue weighted by Gasteiger charge is 2.00. The van der Waals surface area contributed by atoms with Crippen molar-refractivity contribution in [2.24, 2.45) is 0 Å². The largest absolute Gasteiger partial charge is 0.379 e. The number of hydrogen-bond acceptors (Lipinski definition) is 2. The first-order valence-electron chi connectivity index (χ1n) is 4.84. The van der Waals surface area contributed by atoms with Crippen LogP contribution < -0.4 is 5.32 Å². The van der Waals surface area contributed by atoms with E-state index in [2.05, 4.69) is 26.2 Å². The smallest absolute Gasteiger partial charge is 0.137 e. The van der Waals surface area contributed by atoms with E-state index >= 15 is 0 Å². The molecule has 0 aliphatic rings. The molecule has 1 N–H and O–H groups in total. The van der Waals surface area contributed by atoms with Crippen LogP contribution in [-0.2, 0) is 6.54 Å². The van der Waals surface area contributed by atoms with Crippen LogP contribution in [-0.4, -0.2) is 4.98 Å². The van der Waals surface area contributed by atoms with Crippen molar-refractivity contribution < 1.29 is 4.39 Å². The van der Waals surface area contributed by atoms with Crippen molar-refractivity contribution in [3.63, 3.8) is 0 Å². The molecule has 0 spiro atoms. The van der Waals surface area contributed by atoms with E-state index in [4.69, 9.17) is 0 Å². The van der Waals surface area contributed by atoms with Crippen molar-refractivity contribution in [2.45, 2.75) is 6.54 Å². The minimum Gasteiger partial charge on any atom is -0.379 e. The van der Waals surface area contributed by atoms with Gasteiger partial charge in [-0.15, -0.1) is 0 Å². The Hall–Kier alpha value is -1.42. The lowest BCUT2D eigenvalue weighted by molar-refractivity contribution is 0.621. The van der Waals surface area contributed by atoms with E-state index in [1.165, 1.54) is 6.07 Å². The molecular weight excluding hydrogens is 271 g/mol. The molecule has 1 aromatic carbocycles. The van der Waals surface area contributed by atoms with E-state index in [1.807, 2.05) is 18.2 Å². The Morgan fingerprint density at radius 3 is 2.81 bits per heavy atom. The predicted octanol–water partition coefficient (Wildman–Crippen LogP) is 3.60. The molecule has 0 amide bonds. The quantitative estimate of drug-likeness (QED) is 0.929. The second kappa shape index (κ2) is 5.07. The Morgan fingerprint density at radius 1 is 1.25 bits per heavy atom. The van der Waals surface area contributed by atoms with Gasteiger partial charge < -0.3 is 5.32 Å². The van der Waals surface area contributed by atoms with Gasteiger partial charge in [0, 0.05) is 11.9 Å². The van der Waals surface area contributed by atoms with Crippen molar-refractivity contribution in [1.82, 2.24) is 4.98 Å². The predicted molar refractivity (Wildman–Crippen MR) is 65.7 cm³/mol. The molecule has 0 bridgehead atoms. The second-order valence-corrected chi connectivity index (χ2v) is 4.16. The third kappa shape index (κ3) is 2.79. The van der Waals surface area contributed by atoms with Crippen LogP contribution in [0.2, 0.25) is 0 Å². The second-order valence-electron chi connectivity index (χ2n) is 3.30. The third-order valence-corrected chi connectivity index (χ3v) is 2.73. The van der Waals surface area contributed by atoms with Crippen LogP contribution in [0.15, 0.2) is 47.1 Å². The molecule has 1 heterocycles. The van der Waals surface area contributed by atoms with Gasteiger partial charge in [0.1, 0.15) is 5.82 Å². The number of halogens is 2. The standard InChI is InChI=1S/C12H10BrFN2/c13-11-7-9(4-5-12(11)14)16-8-10-3-1-2-6-15-10/h1-7,16H,8H2. The summed E-state index contributed by atoms with van der Waals surface area (Å²) in [6.07, 6.45) is 1.75. The summed E-state index contributed by atoms with van der Waals surface area (Å²) in [6, 6.07) is 10.6. The molecule has 0 saturated carbocycles. The molecule has 0 aliphatic carbocycles. The molecule has 2 rings (SSSR count). The van der Waals surface area contributed by atoms with E-state index in [0.29, 0.717) is 11.0 Å². The number of rotatable bonds is 3. The average Bonchev–Trinajstić information content (AvgIpc) is 2.32. The molecule has 0 unspecified atom stereocenters. The van der Waals surface area contributed by atoms with Crippen LogP contribution in [0.4, 0.5) is 10.1 Å². The van der Waals surface area contributed by atoms with Gasteiger partial charge in [0.2, 0.25) is 0 Å². The molecule has 4 heteroatoms. The van der Waals surface area contributed by atoms with Crippen molar-refractivity contribution in [2.75, 3.05) is 5.32 Å². The van der Waals surface area contributed by atoms with E-state index in [0.717, 1.165) is 11.4 Å². The zero-order valence-electron chi connectivity index (χ0n) is 8.45. The topological polar surface area (TPSA) is 24.9 Å². The Kier molecular flexibility index (Phi) is 3.51. The molecule has 16 heavy (non-hydrogen) atoms. The van der Waals surface area contributed by atoms with Gasteiger partial charge in [-0.2, -0.15) is 0 Å². The maximum atomic E-state index is 13.0. The minimum atomic E-state index is -0.261. The Morgan fingerprint density at radius 2 is 2.12 bits per heavy atom. The monoisotopic (exact) mass is 280 g/mol. The Bertz CT molecular complexity index is 474. The van der Waals surface area contributed by atoms with Gasteiger partial charge >= 0.3 is 0 Å². The molecule has 1 aromatic heterocycles. The summed E-state index contributed by atoms with van der Waals surface area (Å²) < 4.78 is 13.4. The van der Waals surface area contributed by atoms with Crippen LogP contribution in [0.5, 0.6) is 0 Å². The first-order chi connectivity index (χ1) is 7.75. The zero-order chi connectivity index (χ0) is 11.4. The SMILES string of the molecule is Fc1ccc(NCc2ccccn2)cc1Br. The van der Waals surface area contributed by atoms with Gasteiger partial charge in [-0.25, -0.2) is 4.39 Å². The molecule has 0 fully saturated rings. The number of hydrogen-bond donors (Lipinski definition) is 1. The zero-order valence-corrected chi connectivity index (χ0v) is 10.0. The van der Waals surface area contributed by atoms with E-state index in [-0.39, 0.29) is 5.82 Å².